The molecule has 0 radical (unpaired) electrons. The Balaban J connectivity index is 2.04. The molecule has 0 aromatic heterocycles. The molecular weight excluding hydrogens is 351 g/mol. The van der Waals surface area contributed by atoms with E-state index in [1.807, 2.05) is 12.1 Å². The summed E-state index contributed by atoms with van der Waals surface area (Å²) < 4.78 is 1.06. The van der Waals surface area contributed by atoms with E-state index < -0.39 is 0 Å². The molecule has 1 aliphatic heterocycles. The molecule has 1 aromatic rings. The molecule has 1 amide bonds. The minimum absolute atomic E-state index is 0.0534. The molecule has 2 N–H and O–H groups in total. The van der Waals surface area contributed by atoms with Crippen molar-refractivity contribution in [3.63, 3.8) is 0 Å². The van der Waals surface area contributed by atoms with Gasteiger partial charge in [0.1, 0.15) is 0 Å². The summed E-state index contributed by atoms with van der Waals surface area (Å²) in [5, 5.41) is 6.72. The normalized spacial score (nSPS) is 20.0. The first-order chi connectivity index (χ1) is 8.16. The van der Waals surface area contributed by atoms with Crippen LogP contribution in [0, 0.1) is 9.49 Å². The van der Waals surface area contributed by atoms with Gasteiger partial charge >= 0.3 is 0 Å². The molecule has 1 atom stereocenters. The first-order valence-corrected chi connectivity index (χ1v) is 7.09. The number of halogens is 2. The number of anilines is 1. The zero-order chi connectivity index (χ0) is 12.3. The lowest BCUT2D eigenvalue weighted by atomic mass is 9.99. The van der Waals surface area contributed by atoms with Gasteiger partial charge in [0.05, 0.1) is 16.6 Å². The number of piperidine rings is 1. The highest BCUT2D eigenvalue weighted by molar-refractivity contribution is 14.1. The van der Waals surface area contributed by atoms with E-state index in [-0.39, 0.29) is 11.8 Å². The Morgan fingerprint density at radius 2 is 2.35 bits per heavy atom. The third kappa shape index (κ3) is 3.56. The van der Waals surface area contributed by atoms with E-state index in [4.69, 9.17) is 11.6 Å². The van der Waals surface area contributed by atoms with Crippen LogP contribution in [0.4, 0.5) is 5.69 Å². The van der Waals surface area contributed by atoms with Crippen LogP contribution in [-0.2, 0) is 4.79 Å². The molecule has 0 unspecified atom stereocenters. The fraction of sp³-hybridized carbons (Fsp3) is 0.417. The van der Waals surface area contributed by atoms with Crippen molar-refractivity contribution in [2.75, 3.05) is 18.4 Å². The first kappa shape index (κ1) is 13.1. The number of hydrogen-bond donors (Lipinski definition) is 2. The molecule has 92 valence electrons. The van der Waals surface area contributed by atoms with E-state index in [2.05, 4.69) is 33.2 Å². The number of benzene rings is 1. The van der Waals surface area contributed by atoms with Gasteiger partial charge < -0.3 is 10.6 Å². The molecule has 1 aromatic carbocycles. The van der Waals surface area contributed by atoms with Crippen LogP contribution in [0.1, 0.15) is 12.8 Å². The highest BCUT2D eigenvalue weighted by atomic mass is 127. The molecule has 1 heterocycles. The highest BCUT2D eigenvalue weighted by Gasteiger charge is 2.21. The number of carbonyl (C=O) groups excluding carboxylic acids is 1. The van der Waals surface area contributed by atoms with Gasteiger partial charge in [0, 0.05) is 10.1 Å². The lowest BCUT2D eigenvalue weighted by Crippen LogP contribution is -2.37. The number of amides is 1. The Kier molecular flexibility index (Phi) is 4.64. The number of nitrogens with one attached hydrogen (secondary N) is 2. The summed E-state index contributed by atoms with van der Waals surface area (Å²) in [5.74, 6) is 0.110. The van der Waals surface area contributed by atoms with Gasteiger partial charge in [-0.3, -0.25) is 4.79 Å². The van der Waals surface area contributed by atoms with Crippen molar-refractivity contribution >= 4 is 45.8 Å². The number of hydrogen-bond acceptors (Lipinski definition) is 2. The third-order valence-corrected chi connectivity index (χ3v) is 3.85. The van der Waals surface area contributed by atoms with Crippen LogP contribution < -0.4 is 10.6 Å². The Labute approximate surface area is 119 Å². The van der Waals surface area contributed by atoms with E-state index in [1.165, 1.54) is 0 Å². The van der Waals surface area contributed by atoms with Crippen molar-refractivity contribution in [2.45, 2.75) is 12.8 Å². The molecule has 3 nitrogen and oxygen atoms in total. The molecule has 2 rings (SSSR count). The maximum absolute atomic E-state index is 12.0. The van der Waals surface area contributed by atoms with Crippen LogP contribution in [0.25, 0.3) is 0 Å². The predicted octanol–water partition coefficient (Wildman–Crippen LogP) is 2.88. The fourth-order valence-corrected chi connectivity index (χ4v) is 2.56. The second-order valence-corrected chi connectivity index (χ2v) is 5.81. The third-order valence-electron chi connectivity index (χ3n) is 2.85. The SMILES string of the molecule is O=C(Nc1cc(I)ccc1Cl)[C@H]1CCCNC1. The first-order valence-electron chi connectivity index (χ1n) is 5.63. The molecule has 0 aliphatic carbocycles. The van der Waals surface area contributed by atoms with Gasteiger partial charge in [-0.1, -0.05) is 11.6 Å². The smallest absolute Gasteiger partial charge is 0.228 e. The molecule has 1 fully saturated rings. The lowest BCUT2D eigenvalue weighted by molar-refractivity contribution is -0.120. The van der Waals surface area contributed by atoms with Crippen LogP contribution in [0.3, 0.4) is 0 Å². The fourth-order valence-electron chi connectivity index (χ4n) is 1.90. The zero-order valence-electron chi connectivity index (χ0n) is 9.30. The molecule has 0 saturated carbocycles. The van der Waals surface area contributed by atoms with E-state index in [1.54, 1.807) is 6.07 Å². The van der Waals surface area contributed by atoms with Crippen molar-refractivity contribution < 1.29 is 4.79 Å². The van der Waals surface area contributed by atoms with Crippen molar-refractivity contribution in [2.24, 2.45) is 5.92 Å². The predicted molar refractivity (Wildman–Crippen MR) is 78.4 cm³/mol. The van der Waals surface area contributed by atoms with Crippen LogP contribution in [-0.4, -0.2) is 19.0 Å². The van der Waals surface area contributed by atoms with Gasteiger partial charge in [-0.15, -0.1) is 0 Å². The second kappa shape index (κ2) is 6.02. The van der Waals surface area contributed by atoms with Gasteiger partial charge in [0.25, 0.3) is 0 Å². The number of carbonyl (C=O) groups is 1. The quantitative estimate of drug-likeness (QED) is 0.792. The largest absolute Gasteiger partial charge is 0.324 e. The summed E-state index contributed by atoms with van der Waals surface area (Å²) in [6.07, 6.45) is 2.00. The summed E-state index contributed by atoms with van der Waals surface area (Å²) >= 11 is 8.25. The minimum atomic E-state index is 0.0534. The van der Waals surface area contributed by atoms with E-state index in [0.717, 1.165) is 29.5 Å². The van der Waals surface area contributed by atoms with Gasteiger partial charge in [-0.25, -0.2) is 0 Å². The van der Waals surface area contributed by atoms with Crippen LogP contribution in [0.5, 0.6) is 0 Å². The Morgan fingerprint density at radius 3 is 3.06 bits per heavy atom. The maximum Gasteiger partial charge on any atom is 0.228 e. The minimum Gasteiger partial charge on any atom is -0.324 e. The van der Waals surface area contributed by atoms with Gasteiger partial charge in [-0.2, -0.15) is 0 Å². The Hall–Kier alpha value is -0.330. The average Bonchev–Trinajstić information content (AvgIpc) is 2.35. The summed E-state index contributed by atoms with van der Waals surface area (Å²) in [7, 11) is 0. The van der Waals surface area contributed by atoms with Crippen LogP contribution >= 0.6 is 34.2 Å². The van der Waals surface area contributed by atoms with Crippen molar-refractivity contribution in [1.29, 1.82) is 0 Å². The monoisotopic (exact) mass is 364 g/mol. The van der Waals surface area contributed by atoms with Crippen molar-refractivity contribution in [1.82, 2.24) is 5.32 Å². The molecule has 0 spiro atoms. The topological polar surface area (TPSA) is 41.1 Å². The maximum atomic E-state index is 12.0. The molecule has 1 saturated heterocycles. The molecule has 17 heavy (non-hydrogen) atoms. The zero-order valence-corrected chi connectivity index (χ0v) is 12.2. The standard InChI is InChI=1S/C12H14ClIN2O/c13-10-4-3-9(14)6-11(10)16-12(17)8-2-1-5-15-7-8/h3-4,6,8,15H,1-2,5,7H2,(H,16,17)/t8-/m0/s1. The van der Waals surface area contributed by atoms with Gasteiger partial charge in [0.2, 0.25) is 5.91 Å². The lowest BCUT2D eigenvalue weighted by Gasteiger charge is -2.22. The van der Waals surface area contributed by atoms with Crippen LogP contribution in [0.15, 0.2) is 18.2 Å². The summed E-state index contributed by atoms with van der Waals surface area (Å²) in [4.78, 5) is 12.0. The average molecular weight is 365 g/mol. The van der Waals surface area contributed by atoms with Gasteiger partial charge in [0.15, 0.2) is 0 Å². The van der Waals surface area contributed by atoms with Crippen molar-refractivity contribution in [3.8, 4) is 0 Å². The molecule has 5 heteroatoms. The van der Waals surface area contributed by atoms with Gasteiger partial charge in [-0.05, 0) is 60.2 Å². The molecule has 1 aliphatic rings. The van der Waals surface area contributed by atoms with E-state index >= 15 is 0 Å². The molecular formula is C12H14ClIN2O. The molecule has 0 bridgehead atoms. The second-order valence-electron chi connectivity index (χ2n) is 4.16. The Bertz CT molecular complexity index is 419. The Morgan fingerprint density at radius 1 is 1.53 bits per heavy atom. The van der Waals surface area contributed by atoms with Crippen molar-refractivity contribution in [3.05, 3.63) is 26.8 Å². The van der Waals surface area contributed by atoms with E-state index in [0.29, 0.717) is 10.7 Å². The summed E-state index contributed by atoms with van der Waals surface area (Å²) in [5.41, 5.74) is 0.703. The summed E-state index contributed by atoms with van der Waals surface area (Å²) in [6.45, 7) is 1.77. The highest BCUT2D eigenvalue weighted by Crippen LogP contribution is 2.25. The number of rotatable bonds is 2. The summed E-state index contributed by atoms with van der Waals surface area (Å²) in [6, 6.07) is 5.61. The van der Waals surface area contributed by atoms with E-state index in [9.17, 15) is 4.79 Å². The van der Waals surface area contributed by atoms with Crippen LogP contribution in [0.2, 0.25) is 5.02 Å².